The largest absolute Gasteiger partial charge is 0.384 e. The van der Waals surface area contributed by atoms with Crippen LogP contribution in [0.25, 0.3) is 0 Å². The molecule has 21 heavy (non-hydrogen) atoms. The van der Waals surface area contributed by atoms with Crippen LogP contribution in [-0.2, 0) is 23.6 Å². The molecule has 7 nitrogen and oxygen atoms in total. The molecule has 3 N–H and O–H groups in total. The zero-order valence-corrected chi connectivity index (χ0v) is 12.6. The summed E-state index contributed by atoms with van der Waals surface area (Å²) in [5.41, 5.74) is 6.50. The van der Waals surface area contributed by atoms with Crippen LogP contribution in [0.15, 0.2) is 29.3 Å². The monoisotopic (exact) mass is 325 g/mol. The van der Waals surface area contributed by atoms with Crippen LogP contribution >= 0.6 is 11.6 Å². The van der Waals surface area contributed by atoms with Crippen LogP contribution in [0.5, 0.6) is 0 Å². The second-order valence-corrected chi connectivity index (χ2v) is 6.40. The van der Waals surface area contributed by atoms with Crippen molar-refractivity contribution in [1.82, 2.24) is 14.5 Å². The Balaban J connectivity index is 2.27. The van der Waals surface area contributed by atoms with Gasteiger partial charge in [0.2, 0.25) is 10.0 Å². The number of halogens is 1. The fourth-order valence-corrected chi connectivity index (χ4v) is 3.19. The van der Waals surface area contributed by atoms with Gasteiger partial charge in [0.1, 0.15) is 10.7 Å². The van der Waals surface area contributed by atoms with Gasteiger partial charge in [-0.3, -0.25) is 4.68 Å². The number of hydrogen-bond donors (Lipinski definition) is 2. The highest BCUT2D eigenvalue weighted by Crippen LogP contribution is 2.22. The molecule has 1 aromatic carbocycles. The molecule has 0 aliphatic carbocycles. The van der Waals surface area contributed by atoms with Crippen LogP contribution in [0.1, 0.15) is 11.1 Å². The van der Waals surface area contributed by atoms with Crippen molar-refractivity contribution in [3.05, 3.63) is 40.5 Å². The Bertz CT molecular complexity index is 823. The summed E-state index contributed by atoms with van der Waals surface area (Å²) in [6.45, 7) is -0.0187. The van der Waals surface area contributed by atoms with Crippen LogP contribution in [0, 0.1) is 11.3 Å². The van der Waals surface area contributed by atoms with E-state index in [1.165, 1.54) is 29.1 Å². The fourth-order valence-electron chi connectivity index (χ4n) is 1.66. The van der Waals surface area contributed by atoms with E-state index in [1.807, 2.05) is 6.07 Å². The number of aromatic nitrogens is 2. The number of anilines is 1. The van der Waals surface area contributed by atoms with Gasteiger partial charge in [0.25, 0.3) is 0 Å². The molecule has 1 aromatic heterocycles. The number of nitrogen functional groups attached to an aromatic ring is 1. The van der Waals surface area contributed by atoms with Crippen molar-refractivity contribution < 1.29 is 8.42 Å². The normalized spacial score (nSPS) is 11.3. The van der Waals surface area contributed by atoms with Gasteiger partial charge < -0.3 is 5.73 Å². The van der Waals surface area contributed by atoms with E-state index in [0.29, 0.717) is 11.4 Å². The molecular weight excluding hydrogens is 314 g/mol. The van der Waals surface area contributed by atoms with Crippen LogP contribution in [0.3, 0.4) is 0 Å². The van der Waals surface area contributed by atoms with Crippen molar-refractivity contribution in [2.45, 2.75) is 11.4 Å². The lowest BCUT2D eigenvalue weighted by atomic mass is 10.2. The average molecular weight is 326 g/mol. The van der Waals surface area contributed by atoms with Gasteiger partial charge in [-0.2, -0.15) is 10.4 Å². The van der Waals surface area contributed by atoms with Crippen LogP contribution in [0.2, 0.25) is 5.02 Å². The summed E-state index contributed by atoms with van der Waals surface area (Å²) in [6.07, 6.45) is 1.48. The predicted molar refractivity (Wildman–Crippen MR) is 77.8 cm³/mol. The maximum atomic E-state index is 12.2. The summed E-state index contributed by atoms with van der Waals surface area (Å²) < 4.78 is 28.3. The van der Waals surface area contributed by atoms with E-state index < -0.39 is 10.0 Å². The topological polar surface area (TPSA) is 114 Å². The second-order valence-electron chi connectivity index (χ2n) is 4.26. The average Bonchev–Trinajstić information content (AvgIpc) is 2.77. The fraction of sp³-hybridized carbons (Fsp3) is 0.167. The number of nitriles is 1. The smallest absolute Gasteiger partial charge is 0.242 e. The Morgan fingerprint density at radius 1 is 1.52 bits per heavy atom. The summed E-state index contributed by atoms with van der Waals surface area (Å²) in [5.74, 6) is 0.370. The van der Waals surface area contributed by atoms with Gasteiger partial charge in [-0.1, -0.05) is 11.6 Å². The highest BCUT2D eigenvalue weighted by atomic mass is 35.5. The first kappa shape index (κ1) is 15.3. The molecule has 0 spiro atoms. The SMILES string of the molecule is Cn1ncc(CNS(=O)(=O)c2cc(C#N)ccc2Cl)c1N. The standard InChI is InChI=1S/C12H12ClN5O2S/c1-18-12(15)9(6-16-18)7-17-21(19,20)11-4-8(5-14)2-3-10(11)13/h2-4,6,17H,7,15H2,1H3. The van der Waals surface area contributed by atoms with Gasteiger partial charge in [0.05, 0.1) is 22.9 Å². The van der Waals surface area contributed by atoms with Crippen LogP contribution < -0.4 is 10.5 Å². The quantitative estimate of drug-likeness (QED) is 0.870. The first-order valence-corrected chi connectivity index (χ1v) is 7.67. The Hall–Kier alpha value is -2.08. The Labute approximate surface area is 127 Å². The molecule has 1 heterocycles. The number of aryl methyl sites for hydroxylation is 1. The van der Waals surface area contributed by atoms with Crippen molar-refractivity contribution in [3.63, 3.8) is 0 Å². The lowest BCUT2D eigenvalue weighted by Crippen LogP contribution is -2.24. The molecule has 0 bridgehead atoms. The van der Waals surface area contributed by atoms with Gasteiger partial charge in [-0.15, -0.1) is 0 Å². The van der Waals surface area contributed by atoms with Gasteiger partial charge in [-0.05, 0) is 18.2 Å². The van der Waals surface area contributed by atoms with E-state index in [9.17, 15) is 8.42 Å². The number of benzene rings is 1. The van der Waals surface area contributed by atoms with Crippen LogP contribution in [0.4, 0.5) is 5.82 Å². The van der Waals surface area contributed by atoms with Crippen LogP contribution in [-0.4, -0.2) is 18.2 Å². The van der Waals surface area contributed by atoms with E-state index in [4.69, 9.17) is 22.6 Å². The summed E-state index contributed by atoms with van der Waals surface area (Å²) in [7, 11) is -2.20. The van der Waals surface area contributed by atoms with E-state index in [1.54, 1.807) is 7.05 Å². The maximum absolute atomic E-state index is 12.2. The van der Waals surface area contributed by atoms with Crippen molar-refractivity contribution in [1.29, 1.82) is 5.26 Å². The zero-order chi connectivity index (χ0) is 15.6. The minimum atomic E-state index is -3.85. The Morgan fingerprint density at radius 3 is 2.81 bits per heavy atom. The van der Waals surface area contributed by atoms with Crippen molar-refractivity contribution in [2.24, 2.45) is 7.05 Å². The number of nitrogens with zero attached hydrogens (tertiary/aromatic N) is 3. The van der Waals surface area contributed by atoms with Crippen molar-refractivity contribution >= 4 is 27.4 Å². The van der Waals surface area contributed by atoms with Crippen molar-refractivity contribution in [2.75, 3.05) is 5.73 Å². The minimum Gasteiger partial charge on any atom is -0.384 e. The van der Waals surface area contributed by atoms with Gasteiger partial charge >= 0.3 is 0 Å². The number of sulfonamides is 1. The first-order valence-electron chi connectivity index (χ1n) is 5.81. The third-order valence-corrected chi connectivity index (χ3v) is 4.75. The molecule has 2 aromatic rings. The van der Waals surface area contributed by atoms with E-state index in [-0.39, 0.29) is 22.0 Å². The molecule has 0 saturated heterocycles. The number of nitrogens with one attached hydrogen (secondary N) is 1. The maximum Gasteiger partial charge on any atom is 0.242 e. The molecule has 0 atom stereocenters. The lowest BCUT2D eigenvalue weighted by molar-refractivity contribution is 0.581. The number of hydrogen-bond acceptors (Lipinski definition) is 5. The lowest BCUT2D eigenvalue weighted by Gasteiger charge is -2.08. The molecule has 2 rings (SSSR count). The first-order chi connectivity index (χ1) is 9.85. The Kier molecular flexibility index (Phi) is 4.18. The molecule has 0 aliphatic heterocycles. The molecular formula is C12H12ClN5O2S. The molecule has 0 amide bonds. The van der Waals surface area contributed by atoms with Gasteiger partial charge in [0.15, 0.2) is 0 Å². The predicted octanol–water partition coefficient (Wildman–Crippen LogP) is 1.01. The zero-order valence-electron chi connectivity index (χ0n) is 11.0. The molecule has 0 fully saturated rings. The molecule has 0 saturated carbocycles. The highest BCUT2D eigenvalue weighted by molar-refractivity contribution is 7.89. The molecule has 0 unspecified atom stereocenters. The Morgan fingerprint density at radius 2 is 2.24 bits per heavy atom. The summed E-state index contributed by atoms with van der Waals surface area (Å²) in [4.78, 5) is -0.148. The molecule has 9 heteroatoms. The summed E-state index contributed by atoms with van der Waals surface area (Å²) in [6, 6.07) is 5.90. The van der Waals surface area contributed by atoms with Gasteiger partial charge in [0, 0.05) is 19.2 Å². The highest BCUT2D eigenvalue weighted by Gasteiger charge is 2.19. The second kappa shape index (κ2) is 5.73. The van der Waals surface area contributed by atoms with E-state index >= 15 is 0 Å². The third-order valence-electron chi connectivity index (χ3n) is 2.87. The third kappa shape index (κ3) is 3.16. The summed E-state index contributed by atoms with van der Waals surface area (Å²) >= 11 is 5.89. The molecule has 0 radical (unpaired) electrons. The van der Waals surface area contributed by atoms with E-state index in [0.717, 1.165) is 0 Å². The molecule has 110 valence electrons. The molecule has 0 aliphatic rings. The van der Waals surface area contributed by atoms with Gasteiger partial charge in [-0.25, -0.2) is 13.1 Å². The minimum absolute atomic E-state index is 0.0187. The summed E-state index contributed by atoms with van der Waals surface area (Å²) in [5, 5.41) is 12.8. The number of rotatable bonds is 4. The number of nitrogens with two attached hydrogens (primary N) is 1. The van der Waals surface area contributed by atoms with Crippen molar-refractivity contribution in [3.8, 4) is 6.07 Å². The van der Waals surface area contributed by atoms with E-state index in [2.05, 4.69) is 9.82 Å².